The number of aliphatic hydroxyl groups is 1. The number of carbonyl (C=O) groups excluding carboxylic acids is 3. The summed E-state index contributed by atoms with van der Waals surface area (Å²) in [6.07, 6.45) is -6.88. The van der Waals surface area contributed by atoms with Crippen LogP contribution in [0.1, 0.15) is 70.1 Å². The van der Waals surface area contributed by atoms with E-state index in [0.717, 1.165) is 5.57 Å². The van der Waals surface area contributed by atoms with Crippen LogP contribution in [-0.4, -0.2) is 47.0 Å². The van der Waals surface area contributed by atoms with Crippen molar-refractivity contribution < 1.29 is 39.9 Å². The molecular formula is C25H32O6. The Kier molecular flexibility index (Phi) is 3.09. The second kappa shape index (κ2) is 6.93. The second-order valence-corrected chi connectivity index (χ2v) is 9.91. The third-order valence-electron chi connectivity index (χ3n) is 8.80. The molecule has 5 aliphatic rings. The quantitative estimate of drug-likeness (QED) is 0.538. The van der Waals surface area contributed by atoms with Gasteiger partial charge in [-0.05, 0) is 56.0 Å². The fourth-order valence-electron chi connectivity index (χ4n) is 7.60. The Morgan fingerprint density at radius 2 is 2.29 bits per heavy atom. The van der Waals surface area contributed by atoms with E-state index in [1.807, 2.05) is 13.0 Å². The summed E-state index contributed by atoms with van der Waals surface area (Å²) in [5.74, 6) is -2.17. The van der Waals surface area contributed by atoms with Crippen LogP contribution < -0.4 is 0 Å². The third kappa shape index (κ3) is 2.58. The standard InChI is InChI=1S/C25H32O6/c1-4-5-21-30-20-11-17-16-7-6-14-10-15(27)8-9-23(14,2)22(16)18(28)12-24(17,3)25(20,31-21)19(29)13-26/h8-10,13,16-18,20-22,28H,4-7,11-12H2,1-3H3/t16?,17?,18-,20+,21?,22?,23-,24-,25+/m0/s1/i1D3,4D2,5D2,21D. The van der Waals surface area contributed by atoms with E-state index in [1.54, 1.807) is 13.0 Å². The predicted molar refractivity (Wildman–Crippen MR) is 112 cm³/mol. The highest BCUT2D eigenvalue weighted by Gasteiger charge is 2.75. The molecule has 0 amide bonds. The normalized spacial score (nSPS) is 57.7. The molecule has 31 heavy (non-hydrogen) atoms. The molecule has 4 fully saturated rings. The molecule has 4 unspecified atom stereocenters. The molecule has 9 atom stereocenters. The van der Waals surface area contributed by atoms with Gasteiger partial charge in [0.2, 0.25) is 5.78 Å². The van der Waals surface area contributed by atoms with E-state index < -0.39 is 60.3 Å². The van der Waals surface area contributed by atoms with Gasteiger partial charge >= 0.3 is 0 Å². The number of aldehydes is 1. The van der Waals surface area contributed by atoms with E-state index in [0.29, 0.717) is 12.8 Å². The summed E-state index contributed by atoms with van der Waals surface area (Å²) >= 11 is 0. The van der Waals surface area contributed by atoms with Gasteiger partial charge in [0.1, 0.15) is 0 Å². The van der Waals surface area contributed by atoms with Gasteiger partial charge in [0.25, 0.3) is 0 Å². The average Bonchev–Trinajstić information content (AvgIpc) is 3.26. The molecule has 5 rings (SSSR count). The molecular weight excluding hydrogens is 396 g/mol. The van der Waals surface area contributed by atoms with Crippen LogP contribution in [-0.2, 0) is 23.9 Å². The predicted octanol–water partition coefficient (Wildman–Crippen LogP) is 2.92. The van der Waals surface area contributed by atoms with Gasteiger partial charge in [-0.15, -0.1) is 0 Å². The highest BCUT2D eigenvalue weighted by molar-refractivity contribution is 6.29. The maximum absolute atomic E-state index is 13.4. The van der Waals surface area contributed by atoms with Crippen LogP contribution in [0.5, 0.6) is 0 Å². The van der Waals surface area contributed by atoms with Gasteiger partial charge in [-0.1, -0.05) is 38.7 Å². The van der Waals surface area contributed by atoms with Crippen LogP contribution in [0.3, 0.4) is 0 Å². The Balaban J connectivity index is 1.59. The molecule has 0 radical (unpaired) electrons. The lowest BCUT2D eigenvalue weighted by atomic mass is 9.46. The molecule has 0 spiro atoms. The van der Waals surface area contributed by atoms with Crippen LogP contribution in [0, 0.1) is 28.6 Å². The minimum absolute atomic E-state index is 0.000677. The van der Waals surface area contributed by atoms with Gasteiger partial charge in [-0.3, -0.25) is 14.4 Å². The lowest BCUT2D eigenvalue weighted by molar-refractivity contribution is -0.198. The van der Waals surface area contributed by atoms with Gasteiger partial charge in [-0.2, -0.15) is 0 Å². The number of rotatable bonds is 4. The van der Waals surface area contributed by atoms with Crippen molar-refractivity contribution in [2.24, 2.45) is 28.6 Å². The highest BCUT2D eigenvalue weighted by Crippen LogP contribution is 2.69. The van der Waals surface area contributed by atoms with E-state index in [4.69, 9.17) is 20.4 Å². The fraction of sp³-hybridized carbons (Fsp3) is 0.720. The van der Waals surface area contributed by atoms with E-state index >= 15 is 0 Å². The first-order chi connectivity index (χ1) is 17.7. The van der Waals surface area contributed by atoms with Gasteiger partial charge in [-0.25, -0.2) is 0 Å². The number of fused-ring (bicyclic) bond motifs is 7. The summed E-state index contributed by atoms with van der Waals surface area (Å²) in [4.78, 5) is 37.4. The van der Waals surface area contributed by atoms with E-state index in [2.05, 4.69) is 0 Å². The molecule has 4 aliphatic carbocycles. The monoisotopic (exact) mass is 436 g/mol. The van der Waals surface area contributed by atoms with Crippen molar-refractivity contribution in [2.75, 3.05) is 0 Å². The van der Waals surface area contributed by atoms with Gasteiger partial charge in [0.05, 0.1) is 13.6 Å². The largest absolute Gasteiger partial charge is 0.393 e. The number of hydrogen-bond donors (Lipinski definition) is 1. The Morgan fingerprint density at radius 3 is 3.03 bits per heavy atom. The summed E-state index contributed by atoms with van der Waals surface area (Å²) in [6.45, 7) is 0.0878. The molecule has 0 aromatic rings. The number of ether oxygens (including phenoxy) is 2. The molecule has 1 aliphatic heterocycles. The first kappa shape index (κ1) is 13.8. The first-order valence-electron chi connectivity index (χ1n) is 14.7. The highest BCUT2D eigenvalue weighted by atomic mass is 16.7. The van der Waals surface area contributed by atoms with Crippen molar-refractivity contribution in [2.45, 2.75) is 83.2 Å². The summed E-state index contributed by atoms with van der Waals surface area (Å²) < 4.78 is 75.6. The average molecular weight is 437 g/mol. The molecule has 0 bridgehead atoms. The zero-order chi connectivity index (χ0) is 29.2. The van der Waals surface area contributed by atoms with Gasteiger partial charge in [0, 0.05) is 26.3 Å². The Hall–Kier alpha value is -1.63. The van der Waals surface area contributed by atoms with Crippen LogP contribution >= 0.6 is 0 Å². The van der Waals surface area contributed by atoms with E-state index in [9.17, 15) is 19.5 Å². The topological polar surface area (TPSA) is 89.9 Å². The van der Waals surface area contributed by atoms with Gasteiger partial charge < -0.3 is 14.6 Å². The molecule has 0 aromatic carbocycles. The SMILES string of the molecule is [2H]C([2H])([2H])C([2H])([2H])C([2H])([2H])C1([2H])O[C@@H]2CC3C4CCC5=CC(=O)C=C[C@]5(C)C4[C@@H](O)C[C@]3(C)[C@]2(C(=O)C=O)O1. The number of carbonyl (C=O) groups is 3. The van der Waals surface area contributed by atoms with Crippen LogP contribution in [0.4, 0.5) is 0 Å². The molecule has 6 nitrogen and oxygen atoms in total. The Labute approximate surface area is 194 Å². The zero-order valence-corrected chi connectivity index (χ0v) is 17.5. The summed E-state index contributed by atoms with van der Waals surface area (Å²) in [5, 5.41) is 11.6. The van der Waals surface area contributed by atoms with Crippen molar-refractivity contribution in [1.29, 1.82) is 0 Å². The fourth-order valence-corrected chi connectivity index (χ4v) is 7.60. The smallest absolute Gasteiger partial charge is 0.230 e. The lowest BCUT2D eigenvalue weighted by Gasteiger charge is -2.59. The zero-order valence-electron chi connectivity index (χ0n) is 25.5. The summed E-state index contributed by atoms with van der Waals surface area (Å²) in [6, 6.07) is 0. The second-order valence-electron chi connectivity index (χ2n) is 9.91. The maximum atomic E-state index is 13.4. The van der Waals surface area contributed by atoms with Crippen molar-refractivity contribution in [3.8, 4) is 0 Å². The van der Waals surface area contributed by atoms with Crippen LogP contribution in [0.25, 0.3) is 0 Å². The number of aliphatic hydroxyl groups excluding tert-OH is 1. The summed E-state index contributed by atoms with van der Waals surface area (Å²) in [5.41, 5.74) is -3.27. The molecule has 1 saturated heterocycles. The van der Waals surface area contributed by atoms with Crippen molar-refractivity contribution in [1.82, 2.24) is 0 Å². The van der Waals surface area contributed by atoms with E-state index in [-0.39, 0.29) is 42.7 Å². The van der Waals surface area contributed by atoms with Gasteiger partial charge in [0.15, 0.2) is 23.9 Å². The number of Topliss-reactive ketones (excluding diaryl/α,β-unsaturated/α-hetero) is 1. The molecule has 1 heterocycles. The van der Waals surface area contributed by atoms with Crippen molar-refractivity contribution in [3.05, 3.63) is 23.8 Å². The van der Waals surface area contributed by atoms with Crippen LogP contribution in [0.15, 0.2) is 23.8 Å². The van der Waals surface area contributed by atoms with E-state index in [1.165, 1.54) is 6.08 Å². The Morgan fingerprint density at radius 1 is 1.48 bits per heavy atom. The minimum Gasteiger partial charge on any atom is -0.393 e. The summed E-state index contributed by atoms with van der Waals surface area (Å²) in [7, 11) is 0. The van der Waals surface area contributed by atoms with Crippen LogP contribution in [0.2, 0.25) is 0 Å². The number of hydrogen-bond acceptors (Lipinski definition) is 6. The first-order valence-corrected chi connectivity index (χ1v) is 10.7. The number of ketones is 2. The third-order valence-corrected chi connectivity index (χ3v) is 8.80. The van der Waals surface area contributed by atoms with Crippen molar-refractivity contribution >= 4 is 17.9 Å². The van der Waals surface area contributed by atoms with Crippen molar-refractivity contribution in [3.63, 3.8) is 0 Å². The molecule has 6 heteroatoms. The molecule has 0 aromatic heterocycles. The maximum Gasteiger partial charge on any atom is 0.230 e. The minimum atomic E-state index is -3.62. The number of allylic oxidation sites excluding steroid dienone is 4. The molecule has 3 saturated carbocycles. The lowest BCUT2D eigenvalue weighted by Crippen LogP contribution is -2.63. The Bertz CT molecular complexity index is 1200. The molecule has 1 N–H and O–H groups in total. The molecule has 168 valence electrons.